The molecule has 0 unspecified atom stereocenters. The van der Waals surface area contributed by atoms with E-state index in [1.807, 2.05) is 0 Å². The SMILES string of the molecule is C=CCN(CCO)C(=O)CSCc1ccc(F)cc1. The maximum absolute atomic E-state index is 12.7. The number of aliphatic hydroxyl groups excluding tert-OH is 1. The molecule has 104 valence electrons. The fraction of sp³-hybridized carbons (Fsp3) is 0.357. The van der Waals surface area contributed by atoms with Crippen molar-refractivity contribution in [1.82, 2.24) is 4.90 Å². The van der Waals surface area contributed by atoms with Crippen LogP contribution in [0.15, 0.2) is 36.9 Å². The first-order chi connectivity index (χ1) is 9.17. The Balaban J connectivity index is 2.36. The van der Waals surface area contributed by atoms with E-state index in [2.05, 4.69) is 6.58 Å². The summed E-state index contributed by atoms with van der Waals surface area (Å²) >= 11 is 1.47. The van der Waals surface area contributed by atoms with E-state index in [9.17, 15) is 9.18 Å². The molecule has 0 aliphatic rings. The Kier molecular flexibility index (Phi) is 7.22. The number of aliphatic hydroxyl groups is 1. The van der Waals surface area contributed by atoms with Crippen molar-refractivity contribution in [2.45, 2.75) is 5.75 Å². The Labute approximate surface area is 117 Å². The van der Waals surface area contributed by atoms with Gasteiger partial charge < -0.3 is 10.0 Å². The van der Waals surface area contributed by atoms with E-state index >= 15 is 0 Å². The normalized spacial score (nSPS) is 10.2. The highest BCUT2D eigenvalue weighted by molar-refractivity contribution is 7.99. The molecular weight excluding hydrogens is 265 g/mol. The van der Waals surface area contributed by atoms with E-state index < -0.39 is 0 Å². The van der Waals surface area contributed by atoms with Crippen LogP contribution in [0.2, 0.25) is 0 Å². The smallest absolute Gasteiger partial charge is 0.232 e. The van der Waals surface area contributed by atoms with Gasteiger partial charge in [0, 0.05) is 18.8 Å². The number of halogens is 1. The Hall–Kier alpha value is -1.33. The number of carbonyl (C=O) groups is 1. The van der Waals surface area contributed by atoms with E-state index in [0.717, 1.165) is 5.56 Å². The molecule has 1 rings (SSSR count). The molecule has 3 nitrogen and oxygen atoms in total. The Morgan fingerprint density at radius 3 is 2.68 bits per heavy atom. The zero-order valence-corrected chi connectivity index (χ0v) is 11.5. The summed E-state index contributed by atoms with van der Waals surface area (Å²) in [7, 11) is 0. The third kappa shape index (κ3) is 5.89. The molecule has 0 bridgehead atoms. The molecule has 0 fully saturated rings. The number of benzene rings is 1. The van der Waals surface area contributed by atoms with Crippen LogP contribution in [0.5, 0.6) is 0 Å². The lowest BCUT2D eigenvalue weighted by Gasteiger charge is -2.19. The molecule has 0 aromatic heterocycles. The minimum Gasteiger partial charge on any atom is -0.395 e. The fourth-order valence-electron chi connectivity index (χ4n) is 1.52. The van der Waals surface area contributed by atoms with Crippen molar-refractivity contribution in [1.29, 1.82) is 0 Å². The third-order valence-electron chi connectivity index (χ3n) is 2.48. The average Bonchev–Trinajstić information content (AvgIpc) is 2.40. The zero-order valence-electron chi connectivity index (χ0n) is 10.7. The maximum Gasteiger partial charge on any atom is 0.232 e. The average molecular weight is 283 g/mol. The molecule has 0 radical (unpaired) electrons. The third-order valence-corrected chi connectivity index (χ3v) is 3.47. The summed E-state index contributed by atoms with van der Waals surface area (Å²) in [4.78, 5) is 13.4. The summed E-state index contributed by atoms with van der Waals surface area (Å²) in [6.07, 6.45) is 1.64. The van der Waals surface area contributed by atoms with Gasteiger partial charge in [0.2, 0.25) is 5.91 Å². The van der Waals surface area contributed by atoms with E-state index in [1.165, 1.54) is 23.9 Å². The van der Waals surface area contributed by atoms with Crippen molar-refractivity contribution < 1.29 is 14.3 Å². The number of carbonyl (C=O) groups excluding carboxylic acids is 1. The first-order valence-corrected chi connectivity index (χ1v) is 7.14. The van der Waals surface area contributed by atoms with Gasteiger partial charge in [0.25, 0.3) is 0 Å². The van der Waals surface area contributed by atoms with Crippen LogP contribution in [0.4, 0.5) is 4.39 Å². The number of hydrogen-bond acceptors (Lipinski definition) is 3. The molecular formula is C14H18FNO2S. The van der Waals surface area contributed by atoms with Crippen LogP contribution in [-0.2, 0) is 10.5 Å². The van der Waals surface area contributed by atoms with Crippen LogP contribution in [0, 0.1) is 5.82 Å². The predicted molar refractivity (Wildman–Crippen MR) is 76.4 cm³/mol. The van der Waals surface area contributed by atoms with Crippen LogP contribution >= 0.6 is 11.8 Å². The molecule has 19 heavy (non-hydrogen) atoms. The molecule has 0 heterocycles. The lowest BCUT2D eigenvalue weighted by molar-refractivity contribution is -0.128. The van der Waals surface area contributed by atoms with Crippen molar-refractivity contribution in [2.75, 3.05) is 25.4 Å². The molecule has 0 saturated carbocycles. The van der Waals surface area contributed by atoms with Crippen LogP contribution in [0.25, 0.3) is 0 Å². The fourth-order valence-corrected chi connectivity index (χ4v) is 2.41. The highest BCUT2D eigenvalue weighted by Crippen LogP contribution is 2.13. The van der Waals surface area contributed by atoms with Crippen LogP contribution in [0.1, 0.15) is 5.56 Å². The van der Waals surface area contributed by atoms with Crippen molar-refractivity contribution >= 4 is 17.7 Å². The summed E-state index contributed by atoms with van der Waals surface area (Å²) in [5, 5.41) is 8.87. The van der Waals surface area contributed by atoms with Gasteiger partial charge in [-0.15, -0.1) is 18.3 Å². The molecule has 0 aliphatic carbocycles. The lowest BCUT2D eigenvalue weighted by atomic mass is 10.2. The first kappa shape index (κ1) is 15.7. The maximum atomic E-state index is 12.7. The van der Waals surface area contributed by atoms with E-state index in [4.69, 9.17) is 5.11 Å². The number of rotatable bonds is 8. The molecule has 1 N–H and O–H groups in total. The van der Waals surface area contributed by atoms with Gasteiger partial charge in [0.05, 0.1) is 12.4 Å². The summed E-state index contributed by atoms with van der Waals surface area (Å²) in [5.74, 6) is 0.712. The molecule has 0 atom stereocenters. The molecule has 0 spiro atoms. The number of nitrogens with zero attached hydrogens (tertiary/aromatic N) is 1. The van der Waals surface area contributed by atoms with Gasteiger partial charge in [-0.05, 0) is 17.7 Å². The molecule has 0 aliphatic heterocycles. The monoisotopic (exact) mass is 283 g/mol. The Bertz CT molecular complexity index is 408. The van der Waals surface area contributed by atoms with Crippen LogP contribution in [0.3, 0.4) is 0 Å². The van der Waals surface area contributed by atoms with Crippen LogP contribution < -0.4 is 0 Å². The largest absolute Gasteiger partial charge is 0.395 e. The van der Waals surface area contributed by atoms with Gasteiger partial charge in [-0.2, -0.15) is 0 Å². The van der Waals surface area contributed by atoms with Crippen molar-refractivity contribution in [3.63, 3.8) is 0 Å². The van der Waals surface area contributed by atoms with Gasteiger partial charge in [-0.25, -0.2) is 4.39 Å². The van der Waals surface area contributed by atoms with E-state index in [1.54, 1.807) is 23.1 Å². The van der Waals surface area contributed by atoms with Gasteiger partial charge in [0.1, 0.15) is 5.82 Å². The van der Waals surface area contributed by atoms with Gasteiger partial charge in [0.15, 0.2) is 0 Å². The molecule has 1 aromatic carbocycles. The Morgan fingerprint density at radius 1 is 1.42 bits per heavy atom. The molecule has 5 heteroatoms. The van der Waals surface area contributed by atoms with Crippen molar-refractivity contribution in [3.05, 3.63) is 48.3 Å². The topological polar surface area (TPSA) is 40.5 Å². The summed E-state index contributed by atoms with van der Waals surface area (Å²) in [6, 6.07) is 6.24. The second kappa shape index (κ2) is 8.72. The predicted octanol–water partition coefficient (Wildman–Crippen LogP) is 2.07. The second-order valence-corrected chi connectivity index (χ2v) is 4.96. The number of thioether (sulfide) groups is 1. The number of amides is 1. The van der Waals surface area contributed by atoms with Gasteiger partial charge >= 0.3 is 0 Å². The highest BCUT2D eigenvalue weighted by Gasteiger charge is 2.11. The molecule has 0 saturated heterocycles. The number of hydrogen-bond donors (Lipinski definition) is 1. The van der Waals surface area contributed by atoms with Crippen molar-refractivity contribution in [2.24, 2.45) is 0 Å². The highest BCUT2D eigenvalue weighted by atomic mass is 32.2. The first-order valence-electron chi connectivity index (χ1n) is 5.99. The van der Waals surface area contributed by atoms with Crippen molar-refractivity contribution in [3.8, 4) is 0 Å². The van der Waals surface area contributed by atoms with E-state index in [0.29, 0.717) is 24.6 Å². The van der Waals surface area contributed by atoms with Gasteiger partial charge in [-0.3, -0.25) is 4.79 Å². The van der Waals surface area contributed by atoms with Gasteiger partial charge in [-0.1, -0.05) is 18.2 Å². The van der Waals surface area contributed by atoms with E-state index in [-0.39, 0.29) is 18.3 Å². The standard InChI is InChI=1S/C14H18FNO2S/c1-2-7-16(8-9-17)14(18)11-19-10-12-3-5-13(15)6-4-12/h2-6,17H,1,7-11H2. The minimum atomic E-state index is -0.259. The zero-order chi connectivity index (χ0) is 14.1. The van der Waals surface area contributed by atoms with Crippen LogP contribution in [-0.4, -0.2) is 41.4 Å². The second-order valence-electron chi connectivity index (χ2n) is 3.97. The summed E-state index contributed by atoms with van der Waals surface area (Å²) in [5.41, 5.74) is 0.983. The lowest BCUT2D eigenvalue weighted by Crippen LogP contribution is -2.35. The summed E-state index contributed by atoms with van der Waals surface area (Å²) < 4.78 is 12.7. The molecule has 1 aromatic rings. The summed E-state index contributed by atoms with van der Waals surface area (Å²) in [6.45, 7) is 4.29. The quantitative estimate of drug-likeness (QED) is 0.743. The Morgan fingerprint density at radius 2 is 2.11 bits per heavy atom. The minimum absolute atomic E-state index is 0.0268. The molecule has 1 amide bonds.